The molecule has 0 bridgehead atoms. The van der Waals surface area contributed by atoms with Crippen LogP contribution in [0, 0.1) is 5.92 Å². The zero-order chi connectivity index (χ0) is 13.2. The number of ether oxygens (including phenoxy) is 1. The van der Waals surface area contributed by atoms with Crippen LogP contribution in [0.3, 0.4) is 0 Å². The van der Waals surface area contributed by atoms with Crippen molar-refractivity contribution < 1.29 is 14.6 Å². The van der Waals surface area contributed by atoms with E-state index in [2.05, 4.69) is 10.3 Å². The Morgan fingerprint density at radius 2 is 2.42 bits per heavy atom. The zero-order valence-corrected chi connectivity index (χ0v) is 10.5. The number of benzene rings is 1. The molecule has 1 aliphatic heterocycles. The first-order valence-electron chi connectivity index (χ1n) is 6.38. The number of aryl methyl sites for hydroxylation is 1. The smallest absolute Gasteiger partial charge is 0.335 e. The lowest BCUT2D eigenvalue weighted by atomic mass is 10.1. The third kappa shape index (κ3) is 2.44. The van der Waals surface area contributed by atoms with Gasteiger partial charge in [-0.2, -0.15) is 0 Å². The van der Waals surface area contributed by atoms with E-state index in [1.165, 1.54) is 0 Å². The highest BCUT2D eigenvalue weighted by Crippen LogP contribution is 2.19. The summed E-state index contributed by atoms with van der Waals surface area (Å²) in [4.78, 5) is 10.9. The maximum absolute atomic E-state index is 10.9. The lowest BCUT2D eigenvalue weighted by Gasteiger charge is -2.07. The van der Waals surface area contributed by atoms with E-state index in [-0.39, 0.29) is 5.56 Å². The predicted molar refractivity (Wildman–Crippen MR) is 68.0 cm³/mol. The van der Waals surface area contributed by atoms with E-state index in [4.69, 9.17) is 9.84 Å². The van der Waals surface area contributed by atoms with Gasteiger partial charge < -0.3 is 9.84 Å². The molecule has 1 N–H and O–H groups in total. The molecule has 2 aromatic rings. The molecule has 1 atom stereocenters. The summed E-state index contributed by atoms with van der Waals surface area (Å²) in [5, 5.41) is 17.0. The highest BCUT2D eigenvalue weighted by atomic mass is 16.5. The highest BCUT2D eigenvalue weighted by molar-refractivity contribution is 5.92. The third-order valence-corrected chi connectivity index (χ3v) is 3.53. The average Bonchev–Trinajstić information content (AvgIpc) is 3.05. The molecule has 19 heavy (non-hydrogen) atoms. The SMILES string of the molecule is O=C(O)c1ccc2c(c1)nnn2CCC1CCOC1. The molecule has 0 amide bonds. The van der Waals surface area contributed by atoms with Gasteiger partial charge in [0.2, 0.25) is 0 Å². The molecule has 100 valence electrons. The summed E-state index contributed by atoms with van der Waals surface area (Å²) >= 11 is 0. The largest absolute Gasteiger partial charge is 0.478 e. The van der Waals surface area contributed by atoms with Crippen LogP contribution in [0.5, 0.6) is 0 Å². The van der Waals surface area contributed by atoms with Crippen LogP contribution in [0.2, 0.25) is 0 Å². The number of hydrogen-bond donors (Lipinski definition) is 1. The van der Waals surface area contributed by atoms with Gasteiger partial charge in [-0.15, -0.1) is 5.10 Å². The Labute approximate surface area is 110 Å². The summed E-state index contributed by atoms with van der Waals surface area (Å²) in [5.41, 5.74) is 1.75. The molecule has 3 rings (SSSR count). The Hall–Kier alpha value is -1.95. The van der Waals surface area contributed by atoms with E-state index in [1.54, 1.807) is 18.2 Å². The first-order valence-corrected chi connectivity index (χ1v) is 6.38. The van der Waals surface area contributed by atoms with Crippen LogP contribution in [0.15, 0.2) is 18.2 Å². The van der Waals surface area contributed by atoms with Gasteiger partial charge in [0.1, 0.15) is 5.52 Å². The molecule has 1 unspecified atom stereocenters. The number of rotatable bonds is 4. The van der Waals surface area contributed by atoms with E-state index in [9.17, 15) is 4.79 Å². The zero-order valence-electron chi connectivity index (χ0n) is 10.5. The van der Waals surface area contributed by atoms with Gasteiger partial charge in [-0.3, -0.25) is 0 Å². The topological polar surface area (TPSA) is 77.2 Å². The molecule has 0 radical (unpaired) electrons. The molecule has 0 spiro atoms. The van der Waals surface area contributed by atoms with Gasteiger partial charge in [-0.25, -0.2) is 9.48 Å². The van der Waals surface area contributed by atoms with Crippen molar-refractivity contribution in [3.8, 4) is 0 Å². The number of carbonyl (C=O) groups is 1. The molecule has 0 saturated carbocycles. The molecular formula is C13H15N3O3. The van der Waals surface area contributed by atoms with Crippen LogP contribution in [0.4, 0.5) is 0 Å². The maximum atomic E-state index is 10.9. The normalized spacial score (nSPS) is 19.1. The molecule has 1 aliphatic rings. The minimum absolute atomic E-state index is 0.240. The Morgan fingerprint density at radius 3 is 3.16 bits per heavy atom. The minimum Gasteiger partial charge on any atom is -0.478 e. The van der Waals surface area contributed by atoms with Crippen molar-refractivity contribution in [1.82, 2.24) is 15.0 Å². The Balaban J connectivity index is 1.78. The van der Waals surface area contributed by atoms with Gasteiger partial charge in [0.25, 0.3) is 0 Å². The first kappa shape index (κ1) is 12.1. The Bertz CT molecular complexity index is 602. The fraction of sp³-hybridized carbons (Fsp3) is 0.462. The molecule has 1 aromatic carbocycles. The van der Waals surface area contributed by atoms with Crippen molar-refractivity contribution in [2.24, 2.45) is 5.92 Å². The van der Waals surface area contributed by atoms with E-state index < -0.39 is 5.97 Å². The van der Waals surface area contributed by atoms with E-state index in [0.29, 0.717) is 11.4 Å². The standard InChI is InChI=1S/C13H15N3O3/c17-13(18)10-1-2-12-11(7-10)14-15-16(12)5-3-9-4-6-19-8-9/h1-2,7,9H,3-6,8H2,(H,17,18). The molecule has 6 heteroatoms. The molecule has 1 aromatic heterocycles. The van der Waals surface area contributed by atoms with Gasteiger partial charge in [-0.1, -0.05) is 5.21 Å². The van der Waals surface area contributed by atoms with Crippen LogP contribution in [0.25, 0.3) is 11.0 Å². The van der Waals surface area contributed by atoms with Gasteiger partial charge in [-0.05, 0) is 37.0 Å². The second-order valence-electron chi connectivity index (χ2n) is 4.84. The fourth-order valence-electron chi connectivity index (χ4n) is 2.39. The van der Waals surface area contributed by atoms with Gasteiger partial charge in [0.05, 0.1) is 11.1 Å². The average molecular weight is 261 g/mol. The number of aromatic carboxylic acids is 1. The summed E-state index contributed by atoms with van der Waals surface area (Å²) < 4.78 is 7.18. The molecule has 6 nitrogen and oxygen atoms in total. The quantitative estimate of drug-likeness (QED) is 0.903. The van der Waals surface area contributed by atoms with Crippen LogP contribution in [-0.4, -0.2) is 39.3 Å². The summed E-state index contributed by atoms with van der Waals surface area (Å²) in [5.74, 6) is -0.350. The first-order chi connectivity index (χ1) is 9.24. The molecule has 2 heterocycles. The summed E-state index contributed by atoms with van der Waals surface area (Å²) in [6, 6.07) is 4.91. The molecule has 1 saturated heterocycles. The van der Waals surface area contributed by atoms with E-state index in [0.717, 1.165) is 38.1 Å². The second-order valence-corrected chi connectivity index (χ2v) is 4.84. The summed E-state index contributed by atoms with van der Waals surface area (Å²) in [6.45, 7) is 2.47. The number of aromatic nitrogens is 3. The molecule has 1 fully saturated rings. The van der Waals surface area contributed by atoms with Crippen molar-refractivity contribution in [3.05, 3.63) is 23.8 Å². The van der Waals surface area contributed by atoms with Crippen molar-refractivity contribution in [2.75, 3.05) is 13.2 Å². The van der Waals surface area contributed by atoms with Gasteiger partial charge in [0, 0.05) is 19.8 Å². The van der Waals surface area contributed by atoms with E-state index >= 15 is 0 Å². The number of fused-ring (bicyclic) bond motifs is 1. The van der Waals surface area contributed by atoms with Crippen molar-refractivity contribution in [2.45, 2.75) is 19.4 Å². The van der Waals surface area contributed by atoms with Crippen LogP contribution >= 0.6 is 0 Å². The van der Waals surface area contributed by atoms with Crippen LogP contribution < -0.4 is 0 Å². The Kier molecular flexibility index (Phi) is 3.16. The number of nitrogens with zero attached hydrogens (tertiary/aromatic N) is 3. The fourth-order valence-corrected chi connectivity index (χ4v) is 2.39. The number of carboxylic acid groups (broad SMARTS) is 1. The van der Waals surface area contributed by atoms with Crippen LogP contribution in [-0.2, 0) is 11.3 Å². The summed E-state index contributed by atoms with van der Waals surface area (Å²) in [7, 11) is 0. The van der Waals surface area contributed by atoms with Crippen molar-refractivity contribution in [3.63, 3.8) is 0 Å². The molecule has 0 aliphatic carbocycles. The number of hydrogen-bond acceptors (Lipinski definition) is 4. The Morgan fingerprint density at radius 1 is 1.53 bits per heavy atom. The lowest BCUT2D eigenvalue weighted by molar-refractivity contribution is 0.0697. The minimum atomic E-state index is -0.945. The van der Waals surface area contributed by atoms with Crippen LogP contribution in [0.1, 0.15) is 23.2 Å². The van der Waals surface area contributed by atoms with Gasteiger partial charge in [0.15, 0.2) is 0 Å². The maximum Gasteiger partial charge on any atom is 0.335 e. The predicted octanol–water partition coefficient (Wildman–Crippen LogP) is 1.56. The molecular weight excluding hydrogens is 246 g/mol. The highest BCUT2D eigenvalue weighted by Gasteiger charge is 2.16. The van der Waals surface area contributed by atoms with E-state index in [1.807, 2.05) is 4.68 Å². The monoisotopic (exact) mass is 261 g/mol. The van der Waals surface area contributed by atoms with Crippen molar-refractivity contribution >= 4 is 17.0 Å². The van der Waals surface area contributed by atoms with Gasteiger partial charge >= 0.3 is 5.97 Å². The lowest BCUT2D eigenvalue weighted by Crippen LogP contribution is -2.07. The summed E-state index contributed by atoms with van der Waals surface area (Å²) in [6.07, 6.45) is 2.12. The third-order valence-electron chi connectivity index (χ3n) is 3.53. The number of carboxylic acids is 1. The van der Waals surface area contributed by atoms with Crippen molar-refractivity contribution in [1.29, 1.82) is 0 Å². The second kappa shape index (κ2) is 4.97.